The molecule has 1 heterocycles. The molecule has 0 radical (unpaired) electrons. The van der Waals surface area contributed by atoms with Gasteiger partial charge in [-0.05, 0) is 67.8 Å². The van der Waals surface area contributed by atoms with E-state index in [2.05, 4.69) is 4.99 Å². The van der Waals surface area contributed by atoms with Gasteiger partial charge in [-0.2, -0.15) is 0 Å². The number of benzene rings is 2. The third-order valence-electron chi connectivity index (χ3n) is 4.29. The SMILES string of the molecule is CC(=O)Oc1c(C)cc(/C=C2\N=C(c3ccc([N+](=O)[O-])c(C)c3)OC2=O)cc1C. The molecule has 8 heteroatoms. The highest BCUT2D eigenvalue weighted by atomic mass is 16.6. The summed E-state index contributed by atoms with van der Waals surface area (Å²) < 4.78 is 10.4. The molecule has 0 amide bonds. The van der Waals surface area contributed by atoms with Crippen molar-refractivity contribution >= 4 is 29.6 Å². The van der Waals surface area contributed by atoms with Crippen LogP contribution in [0.4, 0.5) is 5.69 Å². The van der Waals surface area contributed by atoms with Crippen molar-refractivity contribution in [3.63, 3.8) is 0 Å². The fraction of sp³-hybridized carbons (Fsp3) is 0.190. The lowest BCUT2D eigenvalue weighted by Gasteiger charge is -2.10. The molecular weight excluding hydrogens is 376 g/mol. The molecule has 0 fully saturated rings. The largest absolute Gasteiger partial charge is 0.426 e. The number of hydrogen-bond acceptors (Lipinski definition) is 7. The third kappa shape index (κ3) is 4.21. The molecule has 0 saturated carbocycles. The Morgan fingerprint density at radius 2 is 1.79 bits per heavy atom. The van der Waals surface area contributed by atoms with Crippen LogP contribution in [0.15, 0.2) is 41.0 Å². The second-order valence-corrected chi connectivity index (χ2v) is 6.67. The standard InChI is InChI=1S/C21H18N2O6/c1-11-9-16(5-6-18(11)23(26)27)20-22-17(21(25)29-20)10-15-7-12(2)19(13(3)8-15)28-14(4)24/h5-10H,1-4H3/b17-10-. The van der Waals surface area contributed by atoms with Gasteiger partial charge in [-0.3, -0.25) is 14.9 Å². The molecule has 0 N–H and O–H groups in total. The van der Waals surface area contributed by atoms with Crippen LogP contribution in [-0.2, 0) is 14.3 Å². The Bertz CT molecular complexity index is 1090. The first-order chi connectivity index (χ1) is 13.7. The van der Waals surface area contributed by atoms with Crippen LogP contribution in [0.3, 0.4) is 0 Å². The van der Waals surface area contributed by atoms with E-state index in [0.29, 0.717) is 22.4 Å². The molecule has 0 spiro atoms. The first-order valence-corrected chi connectivity index (χ1v) is 8.73. The van der Waals surface area contributed by atoms with Crippen molar-refractivity contribution in [1.29, 1.82) is 0 Å². The van der Waals surface area contributed by atoms with Gasteiger partial charge in [0.25, 0.3) is 5.69 Å². The molecule has 2 aromatic carbocycles. The first-order valence-electron chi connectivity index (χ1n) is 8.73. The Balaban J connectivity index is 1.94. The maximum Gasteiger partial charge on any atom is 0.363 e. The second-order valence-electron chi connectivity index (χ2n) is 6.67. The van der Waals surface area contributed by atoms with Gasteiger partial charge in [0.2, 0.25) is 5.90 Å². The van der Waals surface area contributed by atoms with Crippen LogP contribution < -0.4 is 4.74 Å². The maximum absolute atomic E-state index is 12.2. The number of carbonyl (C=O) groups excluding carboxylic acids is 2. The van der Waals surface area contributed by atoms with Crippen LogP contribution in [0.2, 0.25) is 0 Å². The maximum atomic E-state index is 12.2. The number of carbonyl (C=O) groups is 2. The molecule has 1 aliphatic heterocycles. The van der Waals surface area contributed by atoms with Crippen molar-refractivity contribution in [2.75, 3.05) is 0 Å². The Hall–Kier alpha value is -3.81. The summed E-state index contributed by atoms with van der Waals surface area (Å²) in [7, 11) is 0. The molecule has 1 aliphatic rings. The van der Waals surface area contributed by atoms with E-state index in [1.807, 2.05) is 0 Å². The minimum atomic E-state index is -0.615. The van der Waals surface area contributed by atoms with E-state index in [0.717, 1.165) is 11.1 Å². The van der Waals surface area contributed by atoms with Gasteiger partial charge in [0.15, 0.2) is 5.70 Å². The van der Waals surface area contributed by atoms with Gasteiger partial charge in [0.1, 0.15) is 5.75 Å². The third-order valence-corrected chi connectivity index (χ3v) is 4.29. The zero-order chi connectivity index (χ0) is 21.3. The minimum Gasteiger partial charge on any atom is -0.426 e. The normalized spacial score (nSPS) is 14.6. The lowest BCUT2D eigenvalue weighted by molar-refractivity contribution is -0.385. The van der Waals surface area contributed by atoms with E-state index >= 15 is 0 Å². The number of nitrogens with zero attached hydrogens (tertiary/aromatic N) is 2. The van der Waals surface area contributed by atoms with E-state index in [1.54, 1.807) is 45.0 Å². The zero-order valence-corrected chi connectivity index (χ0v) is 16.3. The molecule has 0 atom stereocenters. The molecule has 0 bridgehead atoms. The van der Waals surface area contributed by atoms with Crippen LogP contribution in [0, 0.1) is 30.9 Å². The van der Waals surface area contributed by atoms with Gasteiger partial charge < -0.3 is 9.47 Å². The zero-order valence-electron chi connectivity index (χ0n) is 16.3. The van der Waals surface area contributed by atoms with Crippen LogP contribution in [0.5, 0.6) is 5.75 Å². The number of aryl methyl sites for hydroxylation is 3. The molecule has 0 aromatic heterocycles. The number of aliphatic imine (C=N–C) groups is 1. The van der Waals surface area contributed by atoms with Crippen molar-refractivity contribution < 1.29 is 24.0 Å². The summed E-state index contributed by atoms with van der Waals surface area (Å²) in [4.78, 5) is 38.2. The van der Waals surface area contributed by atoms with E-state index in [-0.39, 0.29) is 17.3 Å². The average Bonchev–Trinajstić information content (AvgIpc) is 2.98. The number of nitro benzene ring substituents is 1. The Labute approximate surface area is 166 Å². The Kier molecular flexibility index (Phi) is 5.27. The van der Waals surface area contributed by atoms with Crippen molar-refractivity contribution in [2.45, 2.75) is 27.7 Å². The molecule has 148 valence electrons. The van der Waals surface area contributed by atoms with Crippen LogP contribution >= 0.6 is 0 Å². The Morgan fingerprint density at radius 1 is 1.14 bits per heavy atom. The van der Waals surface area contributed by atoms with Crippen LogP contribution in [0.25, 0.3) is 6.08 Å². The predicted molar refractivity (Wildman–Crippen MR) is 106 cm³/mol. The number of ether oxygens (including phenoxy) is 2. The molecular formula is C21H18N2O6. The van der Waals surface area contributed by atoms with Crippen LogP contribution in [0.1, 0.15) is 34.7 Å². The summed E-state index contributed by atoms with van der Waals surface area (Å²) in [6.45, 7) is 6.54. The van der Waals surface area contributed by atoms with Crippen LogP contribution in [-0.4, -0.2) is 22.8 Å². The number of esters is 2. The summed E-state index contributed by atoms with van der Waals surface area (Å²) >= 11 is 0. The molecule has 0 saturated heterocycles. The van der Waals surface area contributed by atoms with Gasteiger partial charge in [-0.1, -0.05) is 0 Å². The van der Waals surface area contributed by atoms with Crippen molar-refractivity contribution in [3.8, 4) is 5.75 Å². The molecule has 3 rings (SSSR count). The lowest BCUT2D eigenvalue weighted by atomic mass is 10.0. The number of hydrogen-bond donors (Lipinski definition) is 0. The highest BCUT2D eigenvalue weighted by molar-refractivity contribution is 6.13. The van der Waals surface area contributed by atoms with Crippen molar-refractivity contribution in [2.24, 2.45) is 4.99 Å². The fourth-order valence-corrected chi connectivity index (χ4v) is 3.06. The summed E-state index contributed by atoms with van der Waals surface area (Å²) in [5.74, 6) is -0.451. The lowest BCUT2D eigenvalue weighted by Crippen LogP contribution is -2.06. The smallest absolute Gasteiger partial charge is 0.363 e. The minimum absolute atomic E-state index is 0.0201. The number of cyclic esters (lactones) is 1. The molecule has 0 aliphatic carbocycles. The highest BCUT2D eigenvalue weighted by Gasteiger charge is 2.25. The monoisotopic (exact) mass is 394 g/mol. The van der Waals surface area contributed by atoms with E-state index in [9.17, 15) is 19.7 Å². The van der Waals surface area contributed by atoms with E-state index < -0.39 is 16.9 Å². The summed E-state index contributed by atoms with van der Waals surface area (Å²) in [6.07, 6.45) is 1.57. The van der Waals surface area contributed by atoms with Gasteiger partial charge >= 0.3 is 11.9 Å². The van der Waals surface area contributed by atoms with Gasteiger partial charge in [-0.25, -0.2) is 9.79 Å². The van der Waals surface area contributed by atoms with E-state index in [4.69, 9.17) is 9.47 Å². The quantitative estimate of drug-likeness (QED) is 0.257. The summed E-state index contributed by atoms with van der Waals surface area (Å²) in [5, 5.41) is 11.0. The Morgan fingerprint density at radius 3 is 2.34 bits per heavy atom. The number of rotatable bonds is 4. The van der Waals surface area contributed by atoms with Crippen molar-refractivity contribution in [3.05, 3.63) is 74.0 Å². The molecule has 29 heavy (non-hydrogen) atoms. The molecule has 2 aromatic rings. The fourth-order valence-electron chi connectivity index (χ4n) is 3.06. The average molecular weight is 394 g/mol. The van der Waals surface area contributed by atoms with E-state index in [1.165, 1.54) is 19.1 Å². The highest BCUT2D eigenvalue weighted by Crippen LogP contribution is 2.28. The molecule has 8 nitrogen and oxygen atoms in total. The number of nitro groups is 1. The van der Waals surface area contributed by atoms with Crippen molar-refractivity contribution in [1.82, 2.24) is 0 Å². The summed E-state index contributed by atoms with van der Waals surface area (Å²) in [6, 6.07) is 7.94. The van der Waals surface area contributed by atoms with Gasteiger partial charge in [0, 0.05) is 24.1 Å². The van der Waals surface area contributed by atoms with Gasteiger partial charge in [-0.15, -0.1) is 0 Å². The van der Waals surface area contributed by atoms with Gasteiger partial charge in [0.05, 0.1) is 4.92 Å². The predicted octanol–water partition coefficient (Wildman–Crippen LogP) is 3.79. The topological polar surface area (TPSA) is 108 Å². The first kappa shape index (κ1) is 19.9. The molecule has 0 unspecified atom stereocenters. The second kappa shape index (κ2) is 7.67. The summed E-state index contributed by atoms with van der Waals surface area (Å²) in [5.41, 5.74) is 3.19.